The van der Waals surface area contributed by atoms with Crippen LogP contribution in [-0.2, 0) is 13.1 Å². The molecular formula is C16H14ClNS2. The van der Waals surface area contributed by atoms with E-state index in [-0.39, 0.29) is 0 Å². The standard InChI is InChI=1S/C16H14ClNS2/c17-14-5-3-12(4-6-14)9-18-10-15-8-13(11-20-15)16-2-1-7-19-16/h1-8,11,18H,9-10H2. The Labute approximate surface area is 131 Å². The zero-order valence-corrected chi connectivity index (χ0v) is 13.2. The minimum absolute atomic E-state index is 0.785. The van der Waals surface area contributed by atoms with Crippen molar-refractivity contribution in [2.24, 2.45) is 0 Å². The van der Waals surface area contributed by atoms with Gasteiger partial charge in [-0.3, -0.25) is 0 Å². The van der Waals surface area contributed by atoms with Crippen LogP contribution in [0, 0.1) is 0 Å². The molecule has 0 atom stereocenters. The monoisotopic (exact) mass is 319 g/mol. The molecule has 3 rings (SSSR count). The van der Waals surface area contributed by atoms with Gasteiger partial charge in [0.15, 0.2) is 0 Å². The summed E-state index contributed by atoms with van der Waals surface area (Å²) in [5, 5.41) is 8.60. The summed E-state index contributed by atoms with van der Waals surface area (Å²) in [7, 11) is 0. The van der Waals surface area contributed by atoms with Crippen LogP contribution in [0.3, 0.4) is 0 Å². The van der Waals surface area contributed by atoms with Crippen LogP contribution in [0.2, 0.25) is 5.02 Å². The third kappa shape index (κ3) is 3.49. The molecule has 0 radical (unpaired) electrons. The summed E-state index contributed by atoms with van der Waals surface area (Å²) in [6, 6.07) is 14.5. The predicted molar refractivity (Wildman–Crippen MR) is 89.6 cm³/mol. The highest BCUT2D eigenvalue weighted by Gasteiger charge is 2.03. The van der Waals surface area contributed by atoms with Crippen molar-refractivity contribution in [3.8, 4) is 10.4 Å². The lowest BCUT2D eigenvalue weighted by molar-refractivity contribution is 0.701. The molecule has 20 heavy (non-hydrogen) atoms. The highest BCUT2D eigenvalue weighted by atomic mass is 35.5. The lowest BCUT2D eigenvalue weighted by Gasteiger charge is -2.03. The number of rotatable bonds is 5. The van der Waals surface area contributed by atoms with Crippen molar-refractivity contribution >= 4 is 34.3 Å². The topological polar surface area (TPSA) is 12.0 Å². The SMILES string of the molecule is Clc1ccc(CNCc2cc(-c3cccs3)cs2)cc1. The Bertz CT molecular complexity index is 656. The number of thiophene rings is 2. The van der Waals surface area contributed by atoms with Gasteiger partial charge in [-0.15, -0.1) is 22.7 Å². The van der Waals surface area contributed by atoms with Crippen LogP contribution in [-0.4, -0.2) is 0 Å². The fraction of sp³-hybridized carbons (Fsp3) is 0.125. The predicted octanol–water partition coefficient (Wildman–Crippen LogP) is 5.42. The van der Waals surface area contributed by atoms with E-state index in [1.165, 1.54) is 20.9 Å². The van der Waals surface area contributed by atoms with Gasteiger partial charge in [-0.25, -0.2) is 0 Å². The van der Waals surface area contributed by atoms with Crippen LogP contribution >= 0.6 is 34.3 Å². The lowest BCUT2D eigenvalue weighted by atomic mass is 10.2. The summed E-state index contributed by atoms with van der Waals surface area (Å²) < 4.78 is 0. The van der Waals surface area contributed by atoms with Crippen molar-refractivity contribution < 1.29 is 0 Å². The molecule has 1 N–H and O–H groups in total. The highest BCUT2D eigenvalue weighted by Crippen LogP contribution is 2.29. The Morgan fingerprint density at radius 3 is 2.60 bits per heavy atom. The summed E-state index contributed by atoms with van der Waals surface area (Å²) >= 11 is 9.47. The van der Waals surface area contributed by atoms with Gasteiger partial charge in [-0.2, -0.15) is 0 Å². The molecule has 0 aliphatic rings. The molecule has 1 aromatic carbocycles. The second-order valence-electron chi connectivity index (χ2n) is 4.51. The molecule has 0 saturated carbocycles. The zero-order valence-electron chi connectivity index (χ0n) is 10.8. The van der Waals surface area contributed by atoms with Crippen LogP contribution < -0.4 is 5.32 Å². The smallest absolute Gasteiger partial charge is 0.0406 e. The highest BCUT2D eigenvalue weighted by molar-refractivity contribution is 7.14. The van der Waals surface area contributed by atoms with E-state index in [4.69, 9.17) is 11.6 Å². The molecule has 4 heteroatoms. The maximum absolute atomic E-state index is 5.88. The van der Waals surface area contributed by atoms with E-state index >= 15 is 0 Å². The van der Waals surface area contributed by atoms with Crippen LogP contribution in [0.15, 0.2) is 53.2 Å². The van der Waals surface area contributed by atoms with Gasteiger partial charge in [0.2, 0.25) is 0 Å². The van der Waals surface area contributed by atoms with Gasteiger partial charge in [0.1, 0.15) is 0 Å². The van der Waals surface area contributed by atoms with Gasteiger partial charge >= 0.3 is 0 Å². The van der Waals surface area contributed by atoms with Crippen LogP contribution in [0.1, 0.15) is 10.4 Å². The van der Waals surface area contributed by atoms with Gasteiger partial charge in [0.05, 0.1) is 0 Å². The van der Waals surface area contributed by atoms with E-state index in [0.717, 1.165) is 18.1 Å². The quantitative estimate of drug-likeness (QED) is 0.662. The third-order valence-electron chi connectivity index (χ3n) is 3.00. The number of benzene rings is 1. The Hall–Kier alpha value is -1.13. The van der Waals surface area contributed by atoms with Gasteiger partial charge < -0.3 is 5.32 Å². The molecule has 0 spiro atoms. The largest absolute Gasteiger partial charge is 0.308 e. The molecule has 0 aliphatic heterocycles. The zero-order chi connectivity index (χ0) is 13.8. The molecule has 1 nitrogen and oxygen atoms in total. The first-order valence-corrected chi connectivity index (χ1v) is 8.51. The summed E-state index contributed by atoms with van der Waals surface area (Å²) in [6.45, 7) is 1.77. The van der Waals surface area contributed by atoms with Crippen molar-refractivity contribution in [3.05, 3.63) is 68.7 Å². The first kappa shape index (κ1) is 13.8. The maximum Gasteiger partial charge on any atom is 0.0406 e. The molecule has 2 aromatic heterocycles. The minimum Gasteiger partial charge on any atom is -0.308 e. The van der Waals surface area contributed by atoms with Crippen molar-refractivity contribution in [1.29, 1.82) is 0 Å². The van der Waals surface area contributed by atoms with E-state index in [0.29, 0.717) is 0 Å². The van der Waals surface area contributed by atoms with Crippen molar-refractivity contribution in [3.63, 3.8) is 0 Å². The summed E-state index contributed by atoms with van der Waals surface area (Å²) in [4.78, 5) is 2.70. The molecule has 0 unspecified atom stereocenters. The minimum atomic E-state index is 0.785. The Kier molecular flexibility index (Phi) is 4.53. The second kappa shape index (κ2) is 6.55. The van der Waals surface area contributed by atoms with E-state index in [1.807, 2.05) is 23.5 Å². The van der Waals surface area contributed by atoms with E-state index in [2.05, 4.69) is 46.4 Å². The number of hydrogen-bond acceptors (Lipinski definition) is 3. The molecule has 0 aliphatic carbocycles. The fourth-order valence-corrected chi connectivity index (χ4v) is 3.75. The molecule has 102 valence electrons. The molecule has 0 saturated heterocycles. The first-order chi connectivity index (χ1) is 9.81. The normalized spacial score (nSPS) is 10.8. The first-order valence-electron chi connectivity index (χ1n) is 6.38. The molecule has 2 heterocycles. The number of halogens is 1. The van der Waals surface area contributed by atoms with E-state index in [9.17, 15) is 0 Å². The molecular weight excluding hydrogens is 306 g/mol. The molecule has 0 bridgehead atoms. The Morgan fingerprint density at radius 2 is 1.85 bits per heavy atom. The second-order valence-corrected chi connectivity index (χ2v) is 6.89. The van der Waals surface area contributed by atoms with Gasteiger partial charge in [-0.05, 0) is 40.6 Å². The lowest BCUT2D eigenvalue weighted by Crippen LogP contribution is -2.11. The average Bonchev–Trinajstić information content (AvgIpc) is 3.11. The van der Waals surface area contributed by atoms with Crippen molar-refractivity contribution in [1.82, 2.24) is 5.32 Å². The van der Waals surface area contributed by atoms with Crippen molar-refractivity contribution in [2.45, 2.75) is 13.1 Å². The van der Waals surface area contributed by atoms with Gasteiger partial charge in [-0.1, -0.05) is 29.8 Å². The Morgan fingerprint density at radius 1 is 1.00 bits per heavy atom. The average molecular weight is 320 g/mol. The third-order valence-corrected chi connectivity index (χ3v) is 5.11. The summed E-state index contributed by atoms with van der Waals surface area (Å²) in [5.74, 6) is 0. The van der Waals surface area contributed by atoms with Gasteiger partial charge in [0.25, 0.3) is 0 Å². The maximum atomic E-state index is 5.88. The molecule has 3 aromatic rings. The summed E-state index contributed by atoms with van der Waals surface area (Å²) in [6.07, 6.45) is 0. The van der Waals surface area contributed by atoms with E-state index < -0.39 is 0 Å². The number of hydrogen-bond donors (Lipinski definition) is 1. The van der Waals surface area contributed by atoms with Crippen LogP contribution in [0.25, 0.3) is 10.4 Å². The van der Waals surface area contributed by atoms with E-state index in [1.54, 1.807) is 11.3 Å². The molecule has 0 fully saturated rings. The molecule has 0 amide bonds. The van der Waals surface area contributed by atoms with Crippen LogP contribution in [0.4, 0.5) is 0 Å². The van der Waals surface area contributed by atoms with Crippen LogP contribution in [0.5, 0.6) is 0 Å². The fourth-order valence-electron chi connectivity index (χ4n) is 1.98. The van der Waals surface area contributed by atoms with Crippen molar-refractivity contribution in [2.75, 3.05) is 0 Å². The van der Waals surface area contributed by atoms with Gasteiger partial charge in [0, 0.05) is 33.4 Å². The number of nitrogens with one attached hydrogen (secondary N) is 1. The Balaban J connectivity index is 1.55. The summed E-state index contributed by atoms with van der Waals surface area (Å²) in [5.41, 5.74) is 2.58.